The van der Waals surface area contributed by atoms with E-state index < -0.39 is 5.60 Å². The van der Waals surface area contributed by atoms with Gasteiger partial charge in [-0.25, -0.2) is 4.79 Å². The maximum Gasteiger partial charge on any atom is 0.411 e. The van der Waals surface area contributed by atoms with E-state index in [1.807, 2.05) is 38.7 Å². The predicted molar refractivity (Wildman–Crippen MR) is 71.5 cm³/mol. The molecule has 0 aromatic rings. The molecule has 102 valence electrons. The molecule has 2 aliphatic rings. The Labute approximate surface area is 109 Å². The third-order valence-corrected chi connectivity index (χ3v) is 3.63. The van der Waals surface area contributed by atoms with E-state index in [2.05, 4.69) is 11.4 Å². The van der Waals surface area contributed by atoms with E-state index in [0.29, 0.717) is 0 Å². The summed E-state index contributed by atoms with van der Waals surface area (Å²) in [4.78, 5) is 14.3. The van der Waals surface area contributed by atoms with E-state index in [1.54, 1.807) is 0 Å². The molecule has 4 heteroatoms. The van der Waals surface area contributed by atoms with E-state index in [4.69, 9.17) is 4.74 Å². The molecule has 0 radical (unpaired) electrons. The fraction of sp³-hybridized carbons (Fsp3) is 0.786. The van der Waals surface area contributed by atoms with Crippen molar-refractivity contribution in [1.82, 2.24) is 10.2 Å². The maximum atomic E-state index is 12.4. The largest absolute Gasteiger partial charge is 0.444 e. The van der Waals surface area contributed by atoms with Gasteiger partial charge in [0.15, 0.2) is 0 Å². The lowest BCUT2D eigenvalue weighted by Crippen LogP contribution is -2.62. The summed E-state index contributed by atoms with van der Waals surface area (Å²) in [6, 6.07) is 0.268. The summed E-state index contributed by atoms with van der Waals surface area (Å²) < 4.78 is 5.55. The Morgan fingerprint density at radius 1 is 1.50 bits per heavy atom. The SMILES string of the molecule is C/C=C\C12CCC(CNC1)N2C(=O)OC(C)(C)C. The molecule has 0 spiro atoms. The number of nitrogens with one attached hydrogen (secondary N) is 1. The van der Waals surface area contributed by atoms with Gasteiger partial charge in [0.2, 0.25) is 0 Å². The average molecular weight is 252 g/mol. The van der Waals surface area contributed by atoms with Crippen LogP contribution in [0.15, 0.2) is 12.2 Å². The van der Waals surface area contributed by atoms with Gasteiger partial charge in [-0.2, -0.15) is 0 Å². The monoisotopic (exact) mass is 252 g/mol. The number of fused-ring (bicyclic) bond motifs is 2. The Bertz CT molecular complexity index is 355. The lowest BCUT2D eigenvalue weighted by atomic mass is 9.95. The van der Waals surface area contributed by atoms with Crippen molar-refractivity contribution < 1.29 is 9.53 Å². The van der Waals surface area contributed by atoms with Gasteiger partial charge in [0.05, 0.1) is 5.54 Å². The van der Waals surface area contributed by atoms with Crippen LogP contribution in [0.25, 0.3) is 0 Å². The number of hydrogen-bond donors (Lipinski definition) is 1. The second-order valence-corrected chi connectivity index (χ2v) is 6.28. The molecule has 4 nitrogen and oxygen atoms in total. The highest BCUT2D eigenvalue weighted by molar-refractivity contribution is 5.71. The van der Waals surface area contributed by atoms with Crippen LogP contribution < -0.4 is 5.32 Å². The van der Waals surface area contributed by atoms with Gasteiger partial charge in [-0.05, 0) is 40.5 Å². The summed E-state index contributed by atoms with van der Waals surface area (Å²) in [7, 11) is 0. The molecule has 0 aromatic carbocycles. The number of carbonyl (C=O) groups excluding carboxylic acids is 1. The van der Waals surface area contributed by atoms with E-state index in [9.17, 15) is 4.79 Å². The number of carbonyl (C=O) groups is 1. The van der Waals surface area contributed by atoms with Crippen molar-refractivity contribution in [2.75, 3.05) is 13.1 Å². The first-order chi connectivity index (χ1) is 8.38. The molecule has 0 aliphatic carbocycles. The van der Waals surface area contributed by atoms with Gasteiger partial charge >= 0.3 is 6.09 Å². The van der Waals surface area contributed by atoms with Crippen LogP contribution in [-0.2, 0) is 4.74 Å². The molecule has 2 fully saturated rings. The molecule has 1 amide bonds. The molecule has 2 heterocycles. The topological polar surface area (TPSA) is 41.6 Å². The lowest BCUT2D eigenvalue weighted by molar-refractivity contribution is -0.000709. The van der Waals surface area contributed by atoms with E-state index in [0.717, 1.165) is 25.9 Å². The quantitative estimate of drug-likeness (QED) is 0.728. The number of hydrogen-bond acceptors (Lipinski definition) is 3. The third kappa shape index (κ3) is 2.39. The Balaban J connectivity index is 2.22. The van der Waals surface area contributed by atoms with Crippen molar-refractivity contribution in [3.8, 4) is 0 Å². The number of piperazine rings is 1. The zero-order chi connectivity index (χ0) is 13.4. The van der Waals surface area contributed by atoms with Crippen molar-refractivity contribution in [3.63, 3.8) is 0 Å². The van der Waals surface area contributed by atoms with Gasteiger partial charge in [0.1, 0.15) is 5.60 Å². The van der Waals surface area contributed by atoms with E-state index >= 15 is 0 Å². The number of amides is 1. The summed E-state index contributed by atoms with van der Waals surface area (Å²) in [5.41, 5.74) is -0.613. The second kappa shape index (κ2) is 4.57. The predicted octanol–water partition coefficient (Wildman–Crippen LogP) is 2.30. The average Bonchev–Trinajstić information content (AvgIpc) is 2.44. The van der Waals surface area contributed by atoms with Crippen molar-refractivity contribution >= 4 is 6.09 Å². The van der Waals surface area contributed by atoms with Gasteiger partial charge in [-0.15, -0.1) is 0 Å². The standard InChI is InChI=1S/C14H24N2O2/c1-5-7-14-8-6-11(9-15-10-14)16(14)12(17)18-13(2,3)4/h5,7,11,15H,6,8-10H2,1-4H3/b7-5-. The number of rotatable bonds is 1. The zero-order valence-corrected chi connectivity index (χ0v) is 11.8. The molecule has 2 aliphatic heterocycles. The van der Waals surface area contributed by atoms with E-state index in [-0.39, 0.29) is 17.7 Å². The van der Waals surface area contributed by atoms with Crippen LogP contribution in [-0.4, -0.2) is 41.3 Å². The summed E-state index contributed by atoms with van der Waals surface area (Å²) >= 11 is 0. The van der Waals surface area contributed by atoms with Gasteiger partial charge in [-0.3, -0.25) is 4.90 Å². The Hall–Kier alpha value is -1.03. The maximum absolute atomic E-state index is 12.4. The third-order valence-electron chi connectivity index (χ3n) is 3.63. The molecular formula is C14H24N2O2. The molecule has 2 saturated heterocycles. The highest BCUT2D eigenvalue weighted by Crippen LogP contribution is 2.38. The lowest BCUT2D eigenvalue weighted by Gasteiger charge is -2.43. The molecule has 0 aromatic heterocycles. The number of ether oxygens (including phenoxy) is 1. The zero-order valence-electron chi connectivity index (χ0n) is 11.8. The van der Waals surface area contributed by atoms with Crippen LogP contribution in [0.2, 0.25) is 0 Å². The van der Waals surface area contributed by atoms with Crippen LogP contribution in [0.4, 0.5) is 4.79 Å². The normalized spacial score (nSPS) is 32.0. The van der Waals surface area contributed by atoms with Crippen molar-refractivity contribution in [1.29, 1.82) is 0 Å². The molecular weight excluding hydrogens is 228 g/mol. The minimum Gasteiger partial charge on any atom is -0.444 e. The van der Waals surface area contributed by atoms with Crippen LogP contribution in [0.1, 0.15) is 40.5 Å². The van der Waals surface area contributed by atoms with Crippen molar-refractivity contribution in [2.24, 2.45) is 0 Å². The molecule has 2 atom stereocenters. The molecule has 2 unspecified atom stereocenters. The summed E-state index contributed by atoms with van der Waals surface area (Å²) in [5, 5.41) is 3.42. The fourth-order valence-corrected chi connectivity index (χ4v) is 3.03. The Morgan fingerprint density at radius 2 is 2.22 bits per heavy atom. The highest BCUT2D eigenvalue weighted by atomic mass is 16.6. The van der Waals surface area contributed by atoms with Crippen molar-refractivity contribution in [3.05, 3.63) is 12.2 Å². The van der Waals surface area contributed by atoms with Gasteiger partial charge < -0.3 is 10.1 Å². The Kier molecular flexibility index (Phi) is 3.41. The van der Waals surface area contributed by atoms with Gasteiger partial charge in [-0.1, -0.05) is 12.2 Å². The van der Waals surface area contributed by atoms with Crippen LogP contribution in [0, 0.1) is 0 Å². The smallest absolute Gasteiger partial charge is 0.411 e. The minimum atomic E-state index is -0.432. The van der Waals surface area contributed by atoms with E-state index in [1.165, 1.54) is 0 Å². The molecule has 2 rings (SSSR count). The van der Waals surface area contributed by atoms with Crippen LogP contribution in [0.3, 0.4) is 0 Å². The first-order valence-electron chi connectivity index (χ1n) is 6.75. The summed E-state index contributed by atoms with van der Waals surface area (Å²) in [6.45, 7) is 9.45. The fourth-order valence-electron chi connectivity index (χ4n) is 3.03. The number of allylic oxidation sites excluding steroid dienone is 1. The first kappa shape index (κ1) is 13.4. The van der Waals surface area contributed by atoms with Crippen molar-refractivity contribution in [2.45, 2.75) is 57.7 Å². The summed E-state index contributed by atoms with van der Waals surface area (Å²) in [6.07, 6.45) is 6.07. The van der Waals surface area contributed by atoms with Gasteiger partial charge in [0, 0.05) is 19.1 Å². The highest BCUT2D eigenvalue weighted by Gasteiger charge is 2.50. The van der Waals surface area contributed by atoms with Crippen LogP contribution in [0.5, 0.6) is 0 Å². The van der Waals surface area contributed by atoms with Gasteiger partial charge in [0.25, 0.3) is 0 Å². The summed E-state index contributed by atoms with van der Waals surface area (Å²) in [5.74, 6) is 0. The number of nitrogens with zero attached hydrogens (tertiary/aromatic N) is 1. The van der Waals surface area contributed by atoms with Crippen LogP contribution >= 0.6 is 0 Å². The molecule has 18 heavy (non-hydrogen) atoms. The minimum absolute atomic E-state index is 0.176. The molecule has 2 bridgehead atoms. The second-order valence-electron chi connectivity index (χ2n) is 6.28. The molecule has 0 saturated carbocycles. The molecule has 1 N–H and O–H groups in total. The Morgan fingerprint density at radius 3 is 2.83 bits per heavy atom. The first-order valence-corrected chi connectivity index (χ1v) is 6.75.